The maximum atomic E-state index is 13.5. The predicted octanol–water partition coefficient (Wildman–Crippen LogP) is 2.89. The van der Waals surface area contributed by atoms with Gasteiger partial charge in [-0.25, -0.2) is 4.39 Å². The molecule has 1 unspecified atom stereocenters. The summed E-state index contributed by atoms with van der Waals surface area (Å²) in [5, 5.41) is 6.14. The van der Waals surface area contributed by atoms with Gasteiger partial charge in [0.1, 0.15) is 5.82 Å². The Labute approximate surface area is 146 Å². The van der Waals surface area contributed by atoms with E-state index in [1.165, 1.54) is 11.0 Å². The molecule has 24 heavy (non-hydrogen) atoms. The number of aliphatic imine (C=N–C) groups is 1. The van der Waals surface area contributed by atoms with Crippen molar-refractivity contribution in [3.05, 3.63) is 34.1 Å². The molecule has 1 heterocycles. The second-order valence-electron chi connectivity index (χ2n) is 5.65. The van der Waals surface area contributed by atoms with Crippen molar-refractivity contribution in [2.75, 3.05) is 26.7 Å². The fraction of sp³-hybridized carbons (Fsp3) is 0.533. The number of nitrogens with one attached hydrogen (secondary N) is 2. The summed E-state index contributed by atoms with van der Waals surface area (Å²) < 4.78 is 51.1. The first-order chi connectivity index (χ1) is 11.3. The van der Waals surface area contributed by atoms with E-state index in [4.69, 9.17) is 0 Å². The Morgan fingerprint density at radius 2 is 2.17 bits per heavy atom. The topological polar surface area (TPSA) is 39.7 Å². The minimum absolute atomic E-state index is 0.0970. The third-order valence-electron chi connectivity index (χ3n) is 3.68. The maximum Gasteiger partial charge on any atom is 0.401 e. The van der Waals surface area contributed by atoms with Crippen LogP contribution in [-0.4, -0.2) is 49.8 Å². The number of likely N-dealkylation sites (tertiary alicyclic amines) is 1. The molecule has 0 spiro atoms. The molecule has 0 radical (unpaired) electrons. The standard InChI is InChI=1S/C15H19BrF4N4/c1-21-14(22-7-10-2-3-12(16)13(17)6-10)23-11-4-5-24(8-11)9-15(18,19)20/h2-3,6,11H,4-5,7-9H2,1H3,(H2,21,22,23). The van der Waals surface area contributed by atoms with Gasteiger partial charge in [-0.15, -0.1) is 0 Å². The van der Waals surface area contributed by atoms with Crippen molar-refractivity contribution in [2.24, 2.45) is 4.99 Å². The van der Waals surface area contributed by atoms with Crippen LogP contribution in [0.15, 0.2) is 27.7 Å². The summed E-state index contributed by atoms with van der Waals surface area (Å²) in [6.45, 7) is 0.178. The molecule has 0 aliphatic carbocycles. The second-order valence-corrected chi connectivity index (χ2v) is 6.51. The predicted molar refractivity (Wildman–Crippen MR) is 88.3 cm³/mol. The SMILES string of the molecule is CN=C(NCc1ccc(Br)c(F)c1)NC1CCN(CC(F)(F)F)C1. The molecule has 1 atom stereocenters. The molecule has 1 aromatic carbocycles. The number of rotatable bonds is 4. The summed E-state index contributed by atoms with van der Waals surface area (Å²) in [6, 6.07) is 4.70. The lowest BCUT2D eigenvalue weighted by Crippen LogP contribution is -2.44. The van der Waals surface area contributed by atoms with E-state index in [-0.39, 0.29) is 11.9 Å². The van der Waals surface area contributed by atoms with Crippen molar-refractivity contribution in [1.29, 1.82) is 0 Å². The van der Waals surface area contributed by atoms with E-state index in [9.17, 15) is 17.6 Å². The van der Waals surface area contributed by atoms with Crippen molar-refractivity contribution < 1.29 is 17.6 Å². The Balaban J connectivity index is 1.81. The van der Waals surface area contributed by atoms with Crippen molar-refractivity contribution in [3.63, 3.8) is 0 Å². The van der Waals surface area contributed by atoms with E-state index >= 15 is 0 Å². The van der Waals surface area contributed by atoms with Crippen molar-refractivity contribution in [1.82, 2.24) is 15.5 Å². The average Bonchev–Trinajstić information content (AvgIpc) is 2.91. The highest BCUT2D eigenvalue weighted by Gasteiger charge is 2.34. The van der Waals surface area contributed by atoms with Crippen LogP contribution in [0.1, 0.15) is 12.0 Å². The molecule has 1 aromatic rings. The van der Waals surface area contributed by atoms with E-state index in [1.54, 1.807) is 19.2 Å². The number of hydrogen-bond donors (Lipinski definition) is 2. The largest absolute Gasteiger partial charge is 0.401 e. The second kappa shape index (κ2) is 8.15. The summed E-state index contributed by atoms with van der Waals surface area (Å²) in [5.41, 5.74) is 0.740. The van der Waals surface area contributed by atoms with Crippen molar-refractivity contribution >= 4 is 21.9 Å². The monoisotopic (exact) mass is 410 g/mol. The minimum atomic E-state index is -4.18. The molecular formula is C15H19BrF4N4. The smallest absolute Gasteiger partial charge is 0.352 e. The molecule has 1 aliphatic heterocycles. The molecule has 0 bridgehead atoms. The zero-order chi connectivity index (χ0) is 17.7. The Bertz CT molecular complexity index is 591. The van der Waals surface area contributed by atoms with Crippen LogP contribution in [0, 0.1) is 5.82 Å². The van der Waals surface area contributed by atoms with Crippen LogP contribution < -0.4 is 10.6 Å². The molecular weight excluding hydrogens is 392 g/mol. The maximum absolute atomic E-state index is 13.5. The molecule has 0 amide bonds. The van der Waals surface area contributed by atoms with Gasteiger partial charge in [0, 0.05) is 32.7 Å². The van der Waals surface area contributed by atoms with Gasteiger partial charge < -0.3 is 10.6 Å². The van der Waals surface area contributed by atoms with Gasteiger partial charge in [0.25, 0.3) is 0 Å². The summed E-state index contributed by atoms with van der Waals surface area (Å²) >= 11 is 3.09. The van der Waals surface area contributed by atoms with Crippen LogP contribution in [0.4, 0.5) is 17.6 Å². The zero-order valence-corrected chi connectivity index (χ0v) is 14.7. The van der Waals surface area contributed by atoms with E-state index in [2.05, 4.69) is 31.6 Å². The zero-order valence-electron chi connectivity index (χ0n) is 13.1. The van der Waals surface area contributed by atoms with Crippen LogP contribution in [0.25, 0.3) is 0 Å². The first kappa shape index (κ1) is 19.0. The highest BCUT2D eigenvalue weighted by molar-refractivity contribution is 9.10. The number of alkyl halides is 3. The molecule has 0 saturated carbocycles. The number of hydrogen-bond acceptors (Lipinski definition) is 2. The van der Waals surface area contributed by atoms with E-state index in [0.29, 0.717) is 36.5 Å². The first-order valence-corrected chi connectivity index (χ1v) is 8.26. The van der Waals surface area contributed by atoms with Crippen LogP contribution in [0.5, 0.6) is 0 Å². The lowest BCUT2D eigenvalue weighted by atomic mass is 10.2. The quantitative estimate of drug-likeness (QED) is 0.455. The lowest BCUT2D eigenvalue weighted by Gasteiger charge is -2.19. The van der Waals surface area contributed by atoms with Gasteiger partial charge in [-0.05, 0) is 40.0 Å². The van der Waals surface area contributed by atoms with Gasteiger partial charge >= 0.3 is 6.18 Å². The van der Waals surface area contributed by atoms with E-state index in [0.717, 1.165) is 5.56 Å². The third-order valence-corrected chi connectivity index (χ3v) is 4.33. The van der Waals surface area contributed by atoms with Gasteiger partial charge in [0.05, 0.1) is 11.0 Å². The molecule has 1 aliphatic rings. The Morgan fingerprint density at radius 3 is 2.79 bits per heavy atom. The molecule has 9 heteroatoms. The molecule has 2 rings (SSSR count). The Kier molecular flexibility index (Phi) is 6.45. The third kappa shape index (κ3) is 5.94. The van der Waals surface area contributed by atoms with Crippen LogP contribution >= 0.6 is 15.9 Å². The fourth-order valence-corrected chi connectivity index (χ4v) is 2.82. The molecule has 0 aromatic heterocycles. The summed E-state index contributed by atoms with van der Waals surface area (Å²) in [4.78, 5) is 5.43. The minimum Gasteiger partial charge on any atom is -0.352 e. The first-order valence-electron chi connectivity index (χ1n) is 7.47. The fourth-order valence-electron chi connectivity index (χ4n) is 2.57. The number of benzene rings is 1. The molecule has 2 N–H and O–H groups in total. The van der Waals surface area contributed by atoms with Gasteiger partial charge in [0.15, 0.2) is 5.96 Å². The number of guanidine groups is 1. The van der Waals surface area contributed by atoms with Crippen LogP contribution in [-0.2, 0) is 6.54 Å². The number of nitrogens with zero attached hydrogens (tertiary/aromatic N) is 2. The summed E-state index contributed by atoms with van der Waals surface area (Å²) in [6.07, 6.45) is -3.57. The normalized spacial score (nSPS) is 19.6. The highest BCUT2D eigenvalue weighted by Crippen LogP contribution is 2.20. The average molecular weight is 411 g/mol. The Hall–Kier alpha value is -1.35. The van der Waals surface area contributed by atoms with Gasteiger partial charge in [-0.1, -0.05) is 6.07 Å². The van der Waals surface area contributed by atoms with Crippen molar-refractivity contribution in [2.45, 2.75) is 25.2 Å². The van der Waals surface area contributed by atoms with Crippen LogP contribution in [0.2, 0.25) is 0 Å². The van der Waals surface area contributed by atoms with E-state index in [1.807, 2.05) is 0 Å². The van der Waals surface area contributed by atoms with Gasteiger partial charge in [-0.3, -0.25) is 9.89 Å². The lowest BCUT2D eigenvalue weighted by molar-refractivity contribution is -0.143. The number of halogens is 5. The summed E-state index contributed by atoms with van der Waals surface area (Å²) in [5.74, 6) is 0.132. The highest BCUT2D eigenvalue weighted by atomic mass is 79.9. The van der Waals surface area contributed by atoms with Crippen LogP contribution in [0.3, 0.4) is 0 Å². The molecule has 1 saturated heterocycles. The molecule has 1 fully saturated rings. The molecule has 134 valence electrons. The molecule has 4 nitrogen and oxygen atoms in total. The summed E-state index contributed by atoms with van der Waals surface area (Å²) in [7, 11) is 1.58. The van der Waals surface area contributed by atoms with Gasteiger partial charge in [0.2, 0.25) is 0 Å². The van der Waals surface area contributed by atoms with E-state index < -0.39 is 12.7 Å². The van der Waals surface area contributed by atoms with Gasteiger partial charge in [-0.2, -0.15) is 13.2 Å². The Morgan fingerprint density at radius 1 is 1.42 bits per heavy atom. The van der Waals surface area contributed by atoms with Crippen molar-refractivity contribution in [3.8, 4) is 0 Å².